The first kappa shape index (κ1) is 13.8. The lowest BCUT2D eigenvalue weighted by Gasteiger charge is -2.33. The van der Waals surface area contributed by atoms with Crippen molar-refractivity contribution in [3.63, 3.8) is 0 Å². The number of methoxy groups -OCH3 is 2. The Bertz CT molecular complexity index is 213. The molecule has 1 amide bonds. The molecule has 0 radical (unpaired) electrons. The lowest BCUT2D eigenvalue weighted by atomic mass is 9.90. The maximum absolute atomic E-state index is 11.5. The molecule has 1 aliphatic carbocycles. The van der Waals surface area contributed by atoms with Crippen LogP contribution in [0.15, 0.2) is 0 Å². The van der Waals surface area contributed by atoms with Gasteiger partial charge in [-0.2, -0.15) is 11.8 Å². The molecule has 4 nitrogen and oxygen atoms in total. The highest BCUT2D eigenvalue weighted by Crippen LogP contribution is 2.23. The monoisotopic (exact) mass is 247 g/mol. The summed E-state index contributed by atoms with van der Waals surface area (Å²) >= 11 is 1.54. The van der Waals surface area contributed by atoms with E-state index >= 15 is 0 Å². The van der Waals surface area contributed by atoms with Crippen LogP contribution in [-0.2, 0) is 14.3 Å². The molecule has 94 valence electrons. The van der Waals surface area contributed by atoms with Crippen LogP contribution in [-0.4, -0.2) is 50.4 Å². The van der Waals surface area contributed by atoms with Crippen molar-refractivity contribution in [2.45, 2.75) is 37.5 Å². The summed E-state index contributed by atoms with van der Waals surface area (Å²) in [6.07, 6.45) is 5.00. The molecule has 0 saturated heterocycles. The van der Waals surface area contributed by atoms with E-state index in [1.165, 1.54) is 11.8 Å². The van der Waals surface area contributed by atoms with Crippen molar-refractivity contribution in [2.24, 2.45) is 0 Å². The molecular weight excluding hydrogens is 226 g/mol. The van der Waals surface area contributed by atoms with Crippen LogP contribution in [0.4, 0.5) is 0 Å². The highest BCUT2D eigenvalue weighted by atomic mass is 32.2. The van der Waals surface area contributed by atoms with Gasteiger partial charge in [-0.05, 0) is 25.5 Å². The van der Waals surface area contributed by atoms with Crippen LogP contribution < -0.4 is 5.32 Å². The second-order valence-electron chi connectivity index (χ2n) is 4.12. The van der Waals surface area contributed by atoms with E-state index in [1.54, 1.807) is 14.2 Å². The van der Waals surface area contributed by atoms with Gasteiger partial charge in [-0.1, -0.05) is 0 Å². The zero-order valence-corrected chi connectivity index (χ0v) is 11.0. The molecule has 1 aliphatic rings. The van der Waals surface area contributed by atoms with Crippen molar-refractivity contribution in [1.29, 1.82) is 0 Å². The minimum atomic E-state index is 0.101. The maximum atomic E-state index is 11.5. The van der Waals surface area contributed by atoms with Gasteiger partial charge < -0.3 is 14.8 Å². The number of hydrogen-bond acceptors (Lipinski definition) is 4. The number of hydrogen-bond donors (Lipinski definition) is 1. The van der Waals surface area contributed by atoms with Crippen molar-refractivity contribution < 1.29 is 14.3 Å². The van der Waals surface area contributed by atoms with Gasteiger partial charge in [-0.15, -0.1) is 0 Å². The molecule has 0 heterocycles. The smallest absolute Gasteiger partial charge is 0.230 e. The van der Waals surface area contributed by atoms with Crippen LogP contribution in [0.5, 0.6) is 0 Å². The average Bonchev–Trinajstić information content (AvgIpc) is 2.28. The van der Waals surface area contributed by atoms with Crippen LogP contribution in [0.2, 0.25) is 0 Å². The number of ether oxygens (including phenoxy) is 2. The zero-order chi connectivity index (χ0) is 12.0. The summed E-state index contributed by atoms with van der Waals surface area (Å²) in [6.45, 7) is 0. The standard InChI is InChI=1S/C11H21NO3S/c1-14-9-4-8(5-10(6-9)15-2)12-11(13)7-16-3/h8-10H,4-7H2,1-3H3,(H,12,13). The molecule has 0 aromatic carbocycles. The molecule has 0 aromatic rings. The second-order valence-corrected chi connectivity index (χ2v) is 4.99. The second kappa shape index (κ2) is 7.14. The lowest BCUT2D eigenvalue weighted by molar-refractivity contribution is -0.120. The van der Waals surface area contributed by atoms with Crippen LogP contribution in [0.3, 0.4) is 0 Å². The van der Waals surface area contributed by atoms with Crippen molar-refractivity contribution >= 4 is 17.7 Å². The molecule has 0 aliphatic heterocycles. The van der Waals surface area contributed by atoms with Crippen molar-refractivity contribution in [3.8, 4) is 0 Å². The van der Waals surface area contributed by atoms with E-state index in [4.69, 9.17) is 9.47 Å². The number of rotatable bonds is 5. The molecule has 2 atom stereocenters. The topological polar surface area (TPSA) is 47.6 Å². The van der Waals surface area contributed by atoms with E-state index in [-0.39, 0.29) is 24.2 Å². The molecule has 5 heteroatoms. The summed E-state index contributed by atoms with van der Waals surface area (Å²) in [5.41, 5.74) is 0. The Balaban J connectivity index is 2.42. The fraction of sp³-hybridized carbons (Fsp3) is 0.909. The van der Waals surface area contributed by atoms with E-state index in [9.17, 15) is 4.79 Å². The van der Waals surface area contributed by atoms with Gasteiger partial charge in [0.1, 0.15) is 0 Å². The number of amides is 1. The highest BCUT2D eigenvalue weighted by molar-refractivity contribution is 7.99. The molecule has 16 heavy (non-hydrogen) atoms. The van der Waals surface area contributed by atoms with Crippen molar-refractivity contribution in [2.75, 3.05) is 26.2 Å². The van der Waals surface area contributed by atoms with Crippen molar-refractivity contribution in [1.82, 2.24) is 5.32 Å². The summed E-state index contributed by atoms with van der Waals surface area (Å²) in [7, 11) is 3.42. The minimum absolute atomic E-state index is 0.101. The molecule has 1 N–H and O–H groups in total. The fourth-order valence-corrected chi connectivity index (χ4v) is 2.47. The molecule has 0 aromatic heterocycles. The third-order valence-electron chi connectivity index (χ3n) is 2.93. The summed E-state index contributed by atoms with van der Waals surface area (Å²) < 4.78 is 10.7. The Hall–Kier alpha value is -0.260. The third-order valence-corrected chi connectivity index (χ3v) is 3.48. The first-order chi connectivity index (χ1) is 7.69. The number of nitrogens with one attached hydrogen (secondary N) is 1. The van der Waals surface area contributed by atoms with Gasteiger partial charge in [-0.3, -0.25) is 4.79 Å². The van der Waals surface area contributed by atoms with Gasteiger partial charge in [0.2, 0.25) is 5.91 Å². The van der Waals surface area contributed by atoms with Crippen molar-refractivity contribution in [3.05, 3.63) is 0 Å². The molecule has 1 fully saturated rings. The number of thioether (sulfide) groups is 1. The number of carbonyl (C=O) groups is 1. The Morgan fingerprint density at radius 2 is 1.81 bits per heavy atom. The van der Waals surface area contributed by atoms with Gasteiger partial charge in [0, 0.05) is 20.3 Å². The lowest BCUT2D eigenvalue weighted by Crippen LogP contribution is -2.45. The predicted molar refractivity (Wildman–Crippen MR) is 65.8 cm³/mol. The molecule has 0 spiro atoms. The zero-order valence-electron chi connectivity index (χ0n) is 10.2. The van der Waals surface area contributed by atoms with Gasteiger partial charge in [0.25, 0.3) is 0 Å². The maximum Gasteiger partial charge on any atom is 0.230 e. The van der Waals surface area contributed by atoms with E-state index in [1.807, 2.05) is 6.26 Å². The van der Waals surface area contributed by atoms with E-state index < -0.39 is 0 Å². The van der Waals surface area contributed by atoms with Gasteiger partial charge >= 0.3 is 0 Å². The molecule has 2 unspecified atom stereocenters. The van der Waals surface area contributed by atoms with Crippen LogP contribution in [0, 0.1) is 0 Å². The number of carbonyl (C=O) groups excluding carboxylic acids is 1. The Morgan fingerprint density at radius 3 is 2.25 bits per heavy atom. The molecule has 1 saturated carbocycles. The summed E-state index contributed by atoms with van der Waals surface area (Å²) in [6, 6.07) is 0.184. The van der Waals surface area contributed by atoms with Gasteiger partial charge in [0.05, 0.1) is 18.0 Å². The summed E-state index contributed by atoms with van der Waals surface area (Å²) in [5, 5.41) is 3.03. The Labute approximate surface area is 101 Å². The van der Waals surface area contributed by atoms with Gasteiger partial charge in [0.15, 0.2) is 0 Å². The minimum Gasteiger partial charge on any atom is -0.381 e. The first-order valence-corrected chi connectivity index (χ1v) is 6.92. The largest absolute Gasteiger partial charge is 0.381 e. The van der Waals surface area contributed by atoms with Crippen LogP contribution in [0.1, 0.15) is 19.3 Å². The summed E-state index contributed by atoms with van der Waals surface area (Å²) in [4.78, 5) is 11.5. The average molecular weight is 247 g/mol. The first-order valence-electron chi connectivity index (χ1n) is 5.53. The molecule has 0 bridgehead atoms. The Morgan fingerprint density at radius 1 is 1.25 bits per heavy atom. The van der Waals surface area contributed by atoms with Crippen LogP contribution in [0.25, 0.3) is 0 Å². The predicted octanol–water partition coefficient (Wildman–Crippen LogP) is 1.05. The van der Waals surface area contributed by atoms with Gasteiger partial charge in [-0.25, -0.2) is 0 Å². The SMILES string of the molecule is COC1CC(NC(=O)CSC)CC(OC)C1. The van der Waals surface area contributed by atoms with E-state index in [2.05, 4.69) is 5.32 Å². The molecule has 1 rings (SSSR count). The highest BCUT2D eigenvalue weighted by Gasteiger charge is 2.29. The van der Waals surface area contributed by atoms with E-state index in [0.717, 1.165) is 19.3 Å². The van der Waals surface area contributed by atoms with Crippen LogP contribution >= 0.6 is 11.8 Å². The Kier molecular flexibility index (Phi) is 6.16. The fourth-order valence-electron chi connectivity index (χ4n) is 2.12. The molecular formula is C11H21NO3S. The normalized spacial score (nSPS) is 30.1. The van der Waals surface area contributed by atoms with E-state index in [0.29, 0.717) is 5.75 Å². The third kappa shape index (κ3) is 4.31. The quantitative estimate of drug-likeness (QED) is 0.789. The summed E-state index contributed by atoms with van der Waals surface area (Å²) in [5.74, 6) is 0.621.